The molecule has 0 saturated carbocycles. The Kier molecular flexibility index (Phi) is 9.45. The predicted molar refractivity (Wildman–Crippen MR) is 122 cm³/mol. The number of aliphatic hydroxyl groups is 1. The van der Waals surface area contributed by atoms with Gasteiger partial charge >= 0.3 is 5.97 Å². The third kappa shape index (κ3) is 7.29. The highest BCUT2D eigenvalue weighted by molar-refractivity contribution is 5.85. The quantitative estimate of drug-likeness (QED) is 0.207. The smallest absolute Gasteiger partial charge is 0.333 e. The van der Waals surface area contributed by atoms with Crippen molar-refractivity contribution in [2.24, 2.45) is 5.41 Å². The van der Waals surface area contributed by atoms with Crippen molar-refractivity contribution in [2.75, 3.05) is 7.11 Å². The van der Waals surface area contributed by atoms with Crippen molar-refractivity contribution in [1.29, 1.82) is 0 Å². The number of carbonyl (C=O) groups excluding carboxylic acids is 2. The van der Waals surface area contributed by atoms with Crippen molar-refractivity contribution in [3.63, 3.8) is 0 Å². The second-order valence-electron chi connectivity index (χ2n) is 9.38. The van der Waals surface area contributed by atoms with Crippen LogP contribution in [0.15, 0.2) is 46.1 Å². The van der Waals surface area contributed by atoms with E-state index in [1.165, 1.54) is 38.0 Å². The summed E-state index contributed by atoms with van der Waals surface area (Å²) < 4.78 is 9.99. The second-order valence-corrected chi connectivity index (χ2v) is 9.38. The minimum Gasteiger partial charge on any atom is -0.428 e. The van der Waals surface area contributed by atoms with Crippen LogP contribution in [-0.2, 0) is 19.1 Å². The molecule has 1 aliphatic carbocycles. The van der Waals surface area contributed by atoms with Crippen LogP contribution in [0.2, 0.25) is 0 Å². The molecule has 0 aromatic heterocycles. The maximum atomic E-state index is 11.4. The van der Waals surface area contributed by atoms with Crippen LogP contribution in [0.5, 0.6) is 0 Å². The number of aldehydes is 1. The van der Waals surface area contributed by atoms with Crippen LogP contribution in [0.1, 0.15) is 79.1 Å². The average Bonchev–Trinajstić information content (AvgIpc) is 3.10. The number of hydrogen-bond acceptors (Lipinski definition) is 5. The lowest BCUT2D eigenvalue weighted by Crippen LogP contribution is -2.22. The summed E-state index contributed by atoms with van der Waals surface area (Å²) in [7, 11) is 1.41. The van der Waals surface area contributed by atoms with Gasteiger partial charge in [-0.2, -0.15) is 0 Å². The summed E-state index contributed by atoms with van der Waals surface area (Å²) in [5.41, 5.74) is 5.88. The lowest BCUT2D eigenvalue weighted by Gasteiger charge is -2.35. The van der Waals surface area contributed by atoms with Crippen LogP contribution in [-0.4, -0.2) is 36.9 Å². The van der Waals surface area contributed by atoms with Crippen molar-refractivity contribution < 1.29 is 24.2 Å². The van der Waals surface area contributed by atoms with Gasteiger partial charge in [-0.05, 0) is 76.2 Å². The van der Waals surface area contributed by atoms with Gasteiger partial charge < -0.3 is 14.6 Å². The van der Waals surface area contributed by atoms with Crippen molar-refractivity contribution >= 4 is 12.3 Å². The topological polar surface area (TPSA) is 72.8 Å². The molecule has 0 spiro atoms. The molecule has 0 fully saturated rings. The fraction of sp³-hybridized carbons (Fsp3) is 0.615. The fourth-order valence-corrected chi connectivity index (χ4v) is 4.59. The Labute approximate surface area is 186 Å². The van der Waals surface area contributed by atoms with E-state index in [9.17, 15) is 14.7 Å². The average molecular weight is 431 g/mol. The Morgan fingerprint density at radius 3 is 2.74 bits per heavy atom. The van der Waals surface area contributed by atoms with Crippen LogP contribution in [0.4, 0.5) is 0 Å². The molecule has 0 aromatic rings. The molecule has 1 N–H and O–H groups in total. The van der Waals surface area contributed by atoms with Crippen molar-refractivity contribution in [1.82, 2.24) is 0 Å². The molecule has 2 unspecified atom stereocenters. The summed E-state index contributed by atoms with van der Waals surface area (Å²) in [4.78, 5) is 22.8. The van der Waals surface area contributed by atoms with Gasteiger partial charge in [0.1, 0.15) is 6.29 Å². The molecule has 0 saturated heterocycles. The zero-order valence-corrected chi connectivity index (χ0v) is 19.7. The van der Waals surface area contributed by atoms with E-state index in [2.05, 4.69) is 33.8 Å². The monoisotopic (exact) mass is 430 g/mol. The normalized spacial score (nSPS) is 23.0. The summed E-state index contributed by atoms with van der Waals surface area (Å²) in [6, 6.07) is 0. The molecule has 5 nitrogen and oxygen atoms in total. The first-order chi connectivity index (χ1) is 14.7. The molecule has 0 aromatic carbocycles. The molecular weight excluding hydrogens is 392 g/mol. The standard InChI is InChI=1S/C26H38O5/c1-18(11-13-22-19(2)9-7-15-26(22,3)4)8-6-10-20(17-27)12-14-23(28)21-16-24(29)31-25(21)30-5/h8,12,16-17,23,25,28H,6-7,9-11,13-15H2,1-5H3. The molecule has 5 heteroatoms. The Morgan fingerprint density at radius 1 is 1.35 bits per heavy atom. The first-order valence-corrected chi connectivity index (χ1v) is 11.3. The van der Waals surface area contributed by atoms with E-state index >= 15 is 0 Å². The van der Waals surface area contributed by atoms with Gasteiger partial charge in [-0.25, -0.2) is 4.79 Å². The lowest BCUT2D eigenvalue weighted by atomic mass is 9.71. The van der Waals surface area contributed by atoms with Crippen molar-refractivity contribution in [3.8, 4) is 0 Å². The highest BCUT2D eigenvalue weighted by Gasteiger charge is 2.30. The van der Waals surface area contributed by atoms with E-state index in [1.54, 1.807) is 17.2 Å². The summed E-state index contributed by atoms with van der Waals surface area (Å²) in [6.07, 6.45) is 11.9. The highest BCUT2D eigenvalue weighted by Crippen LogP contribution is 2.42. The number of esters is 1. The molecule has 0 amide bonds. The molecule has 0 bridgehead atoms. The molecule has 2 rings (SSSR count). The van der Waals surface area contributed by atoms with E-state index in [-0.39, 0.29) is 6.42 Å². The van der Waals surface area contributed by atoms with Gasteiger partial charge in [0, 0.05) is 18.8 Å². The van der Waals surface area contributed by atoms with Crippen molar-refractivity contribution in [2.45, 2.75) is 91.5 Å². The number of ether oxygens (including phenoxy) is 2. The first-order valence-electron chi connectivity index (χ1n) is 11.3. The van der Waals surface area contributed by atoms with Gasteiger partial charge in [0.15, 0.2) is 0 Å². The van der Waals surface area contributed by atoms with E-state index in [0.29, 0.717) is 23.0 Å². The third-order valence-corrected chi connectivity index (χ3v) is 6.51. The van der Waals surface area contributed by atoms with Crippen LogP contribution in [0, 0.1) is 5.41 Å². The Balaban J connectivity index is 1.84. The van der Waals surface area contributed by atoms with Crippen LogP contribution >= 0.6 is 0 Å². The molecule has 1 aliphatic heterocycles. The highest BCUT2D eigenvalue weighted by atomic mass is 16.7. The summed E-state index contributed by atoms with van der Waals surface area (Å²) in [5, 5.41) is 10.3. The zero-order valence-electron chi connectivity index (χ0n) is 19.7. The second kappa shape index (κ2) is 11.6. The molecule has 2 atom stereocenters. The third-order valence-electron chi connectivity index (χ3n) is 6.51. The maximum absolute atomic E-state index is 11.4. The minimum absolute atomic E-state index is 0.238. The molecular formula is C26H38O5. The van der Waals surface area contributed by atoms with E-state index < -0.39 is 18.4 Å². The Bertz CT molecular complexity index is 782. The predicted octanol–water partition coefficient (Wildman–Crippen LogP) is 5.35. The number of hydrogen-bond donors (Lipinski definition) is 1. The van der Waals surface area contributed by atoms with Gasteiger partial charge in [-0.3, -0.25) is 4.79 Å². The van der Waals surface area contributed by atoms with Crippen LogP contribution < -0.4 is 0 Å². The summed E-state index contributed by atoms with van der Waals surface area (Å²) in [5.74, 6) is -0.524. The van der Waals surface area contributed by atoms with Gasteiger partial charge in [0.05, 0.1) is 6.10 Å². The number of cyclic esters (lactones) is 1. The maximum Gasteiger partial charge on any atom is 0.333 e. The minimum atomic E-state index is -0.918. The van der Waals surface area contributed by atoms with Crippen molar-refractivity contribution in [3.05, 3.63) is 46.1 Å². The fourth-order valence-electron chi connectivity index (χ4n) is 4.59. The van der Waals surface area contributed by atoms with Gasteiger partial charge in [-0.15, -0.1) is 0 Å². The molecule has 0 radical (unpaired) electrons. The van der Waals surface area contributed by atoms with E-state index in [0.717, 1.165) is 25.5 Å². The lowest BCUT2D eigenvalue weighted by molar-refractivity contribution is -0.156. The molecule has 1 heterocycles. The Morgan fingerprint density at radius 2 is 2.10 bits per heavy atom. The first kappa shape index (κ1) is 25.3. The van der Waals surface area contributed by atoms with Crippen LogP contribution in [0.25, 0.3) is 0 Å². The largest absolute Gasteiger partial charge is 0.428 e. The van der Waals surface area contributed by atoms with E-state index in [1.807, 2.05) is 0 Å². The summed E-state index contributed by atoms with van der Waals surface area (Å²) in [6.45, 7) is 9.16. The van der Waals surface area contributed by atoms with Crippen LogP contribution in [0.3, 0.4) is 0 Å². The molecule has 2 aliphatic rings. The Hall–Kier alpha value is -1.98. The van der Waals surface area contributed by atoms with Gasteiger partial charge in [0.25, 0.3) is 0 Å². The van der Waals surface area contributed by atoms with Gasteiger partial charge in [-0.1, -0.05) is 42.7 Å². The number of carbonyl (C=O) groups is 2. The van der Waals surface area contributed by atoms with Gasteiger partial charge in [0.2, 0.25) is 6.29 Å². The summed E-state index contributed by atoms with van der Waals surface area (Å²) >= 11 is 0. The number of aliphatic hydroxyl groups excluding tert-OH is 1. The SMILES string of the molecule is COC1OC(=O)C=C1C(O)CC=C(C=O)CCC=C(C)CCC1=C(C)CCCC1(C)C. The molecule has 31 heavy (non-hydrogen) atoms. The number of allylic oxidation sites excluding steroid dienone is 5. The van der Waals surface area contributed by atoms with E-state index in [4.69, 9.17) is 9.47 Å². The number of rotatable bonds is 11. The molecule has 172 valence electrons. The number of methoxy groups -OCH3 is 1. The zero-order chi connectivity index (χ0) is 23.0.